The Morgan fingerprint density at radius 1 is 1.00 bits per heavy atom. The first-order valence-corrected chi connectivity index (χ1v) is 3.96. The van der Waals surface area contributed by atoms with Crippen LogP contribution in [0.3, 0.4) is 0 Å². The van der Waals surface area contributed by atoms with Gasteiger partial charge in [-0.05, 0) is 37.1 Å². The number of carbonyl (C=O) groups excluding carboxylic acids is 2. The van der Waals surface area contributed by atoms with Gasteiger partial charge in [0.1, 0.15) is 0 Å². The largest absolute Gasteiger partial charge is 0.240 e. The number of hydrogen-bond donors (Lipinski definition) is 0. The molecular formula is C10H8N2O2. The van der Waals surface area contributed by atoms with Crippen LogP contribution in [0.15, 0.2) is 22.1 Å². The molecule has 0 saturated heterocycles. The second kappa shape index (κ2) is 4.28. The van der Waals surface area contributed by atoms with E-state index in [2.05, 4.69) is 9.98 Å². The first-order chi connectivity index (χ1) is 6.69. The highest BCUT2D eigenvalue weighted by atomic mass is 16.1. The molecule has 1 aromatic carbocycles. The monoisotopic (exact) mass is 188 g/mol. The van der Waals surface area contributed by atoms with Crippen LogP contribution in [0.2, 0.25) is 0 Å². The summed E-state index contributed by atoms with van der Waals surface area (Å²) in [6.45, 7) is 3.57. The van der Waals surface area contributed by atoms with Crippen molar-refractivity contribution in [1.29, 1.82) is 0 Å². The van der Waals surface area contributed by atoms with E-state index in [0.29, 0.717) is 11.4 Å². The molecule has 0 aliphatic rings. The van der Waals surface area contributed by atoms with Gasteiger partial charge >= 0.3 is 0 Å². The first-order valence-electron chi connectivity index (χ1n) is 3.96. The number of benzene rings is 1. The van der Waals surface area contributed by atoms with E-state index in [1.165, 1.54) is 12.2 Å². The molecule has 1 aromatic rings. The number of nitrogens with zero attached hydrogens (tertiary/aromatic N) is 2. The Labute approximate surface area is 81.0 Å². The van der Waals surface area contributed by atoms with Gasteiger partial charge in [0, 0.05) is 0 Å². The molecule has 1 rings (SSSR count). The Hall–Kier alpha value is -2.02. The van der Waals surface area contributed by atoms with Crippen molar-refractivity contribution in [2.45, 2.75) is 13.8 Å². The molecule has 4 nitrogen and oxygen atoms in total. The van der Waals surface area contributed by atoms with Gasteiger partial charge in [-0.25, -0.2) is 9.59 Å². The average molecular weight is 188 g/mol. The van der Waals surface area contributed by atoms with E-state index < -0.39 is 0 Å². The number of hydrogen-bond acceptors (Lipinski definition) is 4. The summed E-state index contributed by atoms with van der Waals surface area (Å²) in [5, 5.41) is 0. The normalized spacial score (nSPS) is 8.71. The summed E-state index contributed by atoms with van der Waals surface area (Å²) >= 11 is 0. The summed E-state index contributed by atoms with van der Waals surface area (Å²) in [5.74, 6) is 0. The van der Waals surface area contributed by atoms with E-state index in [9.17, 15) is 9.59 Å². The highest BCUT2D eigenvalue weighted by molar-refractivity contribution is 5.64. The molecule has 0 aliphatic heterocycles. The van der Waals surface area contributed by atoms with Crippen LogP contribution in [0.5, 0.6) is 0 Å². The van der Waals surface area contributed by atoms with E-state index in [-0.39, 0.29) is 0 Å². The van der Waals surface area contributed by atoms with Crippen LogP contribution in [0, 0.1) is 13.8 Å². The van der Waals surface area contributed by atoms with Crippen LogP contribution in [0.4, 0.5) is 11.4 Å². The molecule has 0 aromatic heterocycles. The standard InChI is InChI=1S/C10H8N2O2/c1-7-3-9(11-5-13)4-8(2)10(7)12-6-14/h3-4H,1-2H3. The van der Waals surface area contributed by atoms with Gasteiger partial charge in [0.2, 0.25) is 12.2 Å². The van der Waals surface area contributed by atoms with Gasteiger partial charge in [-0.3, -0.25) is 0 Å². The van der Waals surface area contributed by atoms with Crippen molar-refractivity contribution in [2.24, 2.45) is 9.98 Å². The number of aliphatic imine (C=N–C) groups is 2. The lowest BCUT2D eigenvalue weighted by molar-refractivity contribution is 0.564. The van der Waals surface area contributed by atoms with Gasteiger partial charge in [-0.1, -0.05) is 0 Å². The predicted octanol–water partition coefficient (Wildman–Crippen LogP) is 2.24. The van der Waals surface area contributed by atoms with Gasteiger partial charge in [-0.15, -0.1) is 0 Å². The van der Waals surface area contributed by atoms with E-state index in [4.69, 9.17) is 0 Å². The summed E-state index contributed by atoms with van der Waals surface area (Å²) < 4.78 is 0. The lowest BCUT2D eigenvalue weighted by atomic mass is 10.1. The second-order valence-electron chi connectivity index (χ2n) is 2.83. The Kier molecular flexibility index (Phi) is 3.08. The number of isocyanates is 2. The lowest BCUT2D eigenvalue weighted by Gasteiger charge is -2.03. The Bertz CT molecular complexity index is 430. The van der Waals surface area contributed by atoms with Gasteiger partial charge < -0.3 is 0 Å². The molecule has 0 radical (unpaired) electrons. The van der Waals surface area contributed by atoms with Crippen molar-refractivity contribution < 1.29 is 9.59 Å². The van der Waals surface area contributed by atoms with Crippen molar-refractivity contribution in [3.8, 4) is 0 Å². The molecule has 0 aliphatic carbocycles. The minimum Gasteiger partial charge on any atom is -0.211 e. The topological polar surface area (TPSA) is 58.9 Å². The third-order valence-electron chi connectivity index (χ3n) is 1.81. The van der Waals surface area contributed by atoms with Crippen molar-refractivity contribution in [2.75, 3.05) is 0 Å². The molecule has 70 valence electrons. The van der Waals surface area contributed by atoms with Crippen molar-refractivity contribution in [3.63, 3.8) is 0 Å². The third kappa shape index (κ3) is 2.02. The molecule has 4 heteroatoms. The molecule has 0 amide bonds. The lowest BCUT2D eigenvalue weighted by Crippen LogP contribution is -1.80. The number of rotatable bonds is 2. The highest BCUT2D eigenvalue weighted by Gasteiger charge is 2.03. The molecule has 14 heavy (non-hydrogen) atoms. The van der Waals surface area contributed by atoms with Crippen LogP contribution in [-0.2, 0) is 9.59 Å². The fourth-order valence-electron chi connectivity index (χ4n) is 1.27. The highest BCUT2D eigenvalue weighted by Crippen LogP contribution is 2.28. The molecule has 0 fully saturated rings. The average Bonchev–Trinajstić information content (AvgIpc) is 2.12. The van der Waals surface area contributed by atoms with Gasteiger partial charge in [0.05, 0.1) is 11.4 Å². The fraction of sp³-hybridized carbons (Fsp3) is 0.200. The Morgan fingerprint density at radius 3 is 1.93 bits per heavy atom. The fourth-order valence-corrected chi connectivity index (χ4v) is 1.27. The first kappa shape index (κ1) is 10.1. The Balaban J connectivity index is 3.38. The van der Waals surface area contributed by atoms with Crippen LogP contribution in [-0.4, -0.2) is 12.2 Å². The van der Waals surface area contributed by atoms with Crippen LogP contribution < -0.4 is 0 Å². The summed E-state index contributed by atoms with van der Waals surface area (Å²) in [7, 11) is 0. The maximum Gasteiger partial charge on any atom is 0.240 e. The maximum atomic E-state index is 10.1. The van der Waals surface area contributed by atoms with Crippen molar-refractivity contribution >= 4 is 23.5 Å². The third-order valence-corrected chi connectivity index (χ3v) is 1.81. The molecule has 0 heterocycles. The zero-order chi connectivity index (χ0) is 10.6. The second-order valence-corrected chi connectivity index (χ2v) is 2.83. The van der Waals surface area contributed by atoms with Gasteiger partial charge in [-0.2, -0.15) is 9.98 Å². The van der Waals surface area contributed by atoms with Crippen LogP contribution in [0.1, 0.15) is 11.1 Å². The summed E-state index contributed by atoms with van der Waals surface area (Å²) in [6, 6.07) is 3.32. The predicted molar refractivity (Wildman–Crippen MR) is 51.5 cm³/mol. The summed E-state index contributed by atoms with van der Waals surface area (Å²) in [6.07, 6.45) is 2.94. The van der Waals surface area contributed by atoms with Gasteiger partial charge in [0.25, 0.3) is 0 Å². The molecule has 0 saturated carbocycles. The SMILES string of the molecule is Cc1cc(N=C=O)cc(C)c1N=C=O. The van der Waals surface area contributed by atoms with Crippen LogP contribution in [0.25, 0.3) is 0 Å². The van der Waals surface area contributed by atoms with Crippen molar-refractivity contribution in [1.82, 2.24) is 0 Å². The molecular weight excluding hydrogens is 180 g/mol. The van der Waals surface area contributed by atoms with E-state index >= 15 is 0 Å². The molecule has 0 N–H and O–H groups in total. The van der Waals surface area contributed by atoms with Crippen LogP contribution >= 0.6 is 0 Å². The molecule has 0 spiro atoms. The molecule has 0 atom stereocenters. The number of aryl methyl sites for hydroxylation is 2. The molecule has 0 bridgehead atoms. The van der Waals surface area contributed by atoms with E-state index in [1.54, 1.807) is 26.0 Å². The minimum atomic E-state index is 0.514. The Morgan fingerprint density at radius 2 is 1.50 bits per heavy atom. The van der Waals surface area contributed by atoms with E-state index in [1.807, 2.05) is 0 Å². The smallest absolute Gasteiger partial charge is 0.211 e. The van der Waals surface area contributed by atoms with Gasteiger partial charge in [0.15, 0.2) is 0 Å². The minimum absolute atomic E-state index is 0.514. The quantitative estimate of drug-likeness (QED) is 0.527. The summed E-state index contributed by atoms with van der Waals surface area (Å²) in [4.78, 5) is 27.2. The van der Waals surface area contributed by atoms with Crippen molar-refractivity contribution in [3.05, 3.63) is 23.3 Å². The zero-order valence-electron chi connectivity index (χ0n) is 7.87. The van der Waals surface area contributed by atoms with E-state index in [0.717, 1.165) is 11.1 Å². The zero-order valence-corrected chi connectivity index (χ0v) is 7.87. The molecule has 0 unspecified atom stereocenters. The maximum absolute atomic E-state index is 10.1. The summed E-state index contributed by atoms with van der Waals surface area (Å²) in [5.41, 5.74) is 2.65.